The Morgan fingerprint density at radius 2 is 2.00 bits per heavy atom. The summed E-state index contributed by atoms with van der Waals surface area (Å²) in [7, 11) is -3.19. The summed E-state index contributed by atoms with van der Waals surface area (Å²) in [5, 5.41) is 4.69. The zero-order valence-corrected chi connectivity index (χ0v) is 13.5. The van der Waals surface area contributed by atoms with Crippen LogP contribution >= 0.6 is 11.3 Å². The molecule has 1 aliphatic rings. The number of sulfonamides is 1. The van der Waals surface area contributed by atoms with Crippen molar-refractivity contribution in [3.05, 3.63) is 11.1 Å². The van der Waals surface area contributed by atoms with E-state index in [2.05, 4.69) is 10.3 Å². The maximum absolute atomic E-state index is 12.1. The predicted octanol–water partition coefficient (Wildman–Crippen LogP) is 0.956. The summed E-state index contributed by atoms with van der Waals surface area (Å²) in [4.78, 5) is 27.3. The fourth-order valence-corrected chi connectivity index (χ4v) is 3.78. The molecule has 0 aliphatic carbocycles. The molecule has 0 atom stereocenters. The summed E-state index contributed by atoms with van der Waals surface area (Å²) in [6, 6.07) is 0. The van der Waals surface area contributed by atoms with Crippen LogP contribution in [0, 0.1) is 5.92 Å². The van der Waals surface area contributed by atoms with Gasteiger partial charge in [0, 0.05) is 31.3 Å². The highest BCUT2D eigenvalue weighted by molar-refractivity contribution is 7.88. The van der Waals surface area contributed by atoms with Gasteiger partial charge in [0.05, 0.1) is 6.26 Å². The second-order valence-corrected chi connectivity index (χ2v) is 7.86. The number of carbonyl (C=O) groups is 2. The molecule has 21 heavy (non-hydrogen) atoms. The number of carbonyl (C=O) groups excluding carboxylic acids is 2. The highest BCUT2D eigenvalue weighted by Gasteiger charge is 2.29. The van der Waals surface area contributed by atoms with E-state index < -0.39 is 10.0 Å². The number of ketones is 1. The van der Waals surface area contributed by atoms with Gasteiger partial charge in [-0.2, -0.15) is 0 Å². The molecule has 2 rings (SSSR count). The van der Waals surface area contributed by atoms with E-state index in [1.165, 1.54) is 28.8 Å². The Morgan fingerprint density at radius 1 is 1.38 bits per heavy atom. The van der Waals surface area contributed by atoms with Crippen LogP contribution < -0.4 is 5.32 Å². The van der Waals surface area contributed by atoms with Gasteiger partial charge in [-0.25, -0.2) is 17.7 Å². The standard InChI is InChI=1S/C12H17N3O4S2/c1-8(16)10-7-20-12(13-10)14-11(17)9-3-5-15(6-4-9)21(2,18)19/h7,9H,3-6H2,1-2H3,(H,13,14,17). The summed E-state index contributed by atoms with van der Waals surface area (Å²) >= 11 is 1.20. The van der Waals surface area contributed by atoms with Gasteiger partial charge in [-0.3, -0.25) is 9.59 Å². The van der Waals surface area contributed by atoms with Gasteiger partial charge in [-0.15, -0.1) is 11.3 Å². The number of nitrogens with one attached hydrogen (secondary N) is 1. The lowest BCUT2D eigenvalue weighted by molar-refractivity contribution is -0.120. The summed E-state index contributed by atoms with van der Waals surface area (Å²) in [5.74, 6) is -0.548. The number of hydrogen-bond donors (Lipinski definition) is 1. The molecule has 1 amide bonds. The van der Waals surface area contributed by atoms with Gasteiger partial charge in [0.15, 0.2) is 10.9 Å². The fraction of sp³-hybridized carbons (Fsp3) is 0.583. The van der Waals surface area contributed by atoms with Gasteiger partial charge in [-0.05, 0) is 12.8 Å². The third kappa shape index (κ3) is 4.08. The second-order valence-electron chi connectivity index (χ2n) is 5.02. The molecule has 0 radical (unpaired) electrons. The lowest BCUT2D eigenvalue weighted by Crippen LogP contribution is -2.40. The first-order valence-electron chi connectivity index (χ1n) is 6.50. The third-order valence-electron chi connectivity index (χ3n) is 3.39. The molecule has 0 bridgehead atoms. The van der Waals surface area contributed by atoms with E-state index in [1.807, 2.05) is 0 Å². The first kappa shape index (κ1) is 16.1. The molecule has 7 nitrogen and oxygen atoms in total. The van der Waals surface area contributed by atoms with Gasteiger partial charge in [0.25, 0.3) is 0 Å². The van der Waals surface area contributed by atoms with Crippen LogP contribution in [0.4, 0.5) is 5.13 Å². The van der Waals surface area contributed by atoms with E-state index in [1.54, 1.807) is 5.38 Å². The summed E-state index contributed by atoms with van der Waals surface area (Å²) < 4.78 is 24.2. The minimum atomic E-state index is -3.19. The van der Waals surface area contributed by atoms with Crippen LogP contribution in [0.15, 0.2) is 5.38 Å². The van der Waals surface area contributed by atoms with Crippen LogP contribution in [-0.4, -0.2) is 48.7 Å². The van der Waals surface area contributed by atoms with Crippen molar-refractivity contribution in [3.63, 3.8) is 0 Å². The average molecular weight is 331 g/mol. The molecule has 1 N–H and O–H groups in total. The largest absolute Gasteiger partial charge is 0.302 e. The molecule has 0 saturated carbocycles. The highest BCUT2D eigenvalue weighted by Crippen LogP contribution is 2.22. The van der Waals surface area contributed by atoms with E-state index in [0.29, 0.717) is 36.8 Å². The lowest BCUT2D eigenvalue weighted by atomic mass is 9.97. The van der Waals surface area contributed by atoms with Crippen molar-refractivity contribution in [3.8, 4) is 0 Å². The number of anilines is 1. The van der Waals surface area contributed by atoms with Crippen LogP contribution in [0.1, 0.15) is 30.3 Å². The molecule has 1 aromatic heterocycles. The minimum absolute atomic E-state index is 0.145. The third-order valence-corrected chi connectivity index (χ3v) is 5.45. The normalized spacial score (nSPS) is 17.6. The Kier molecular flexibility index (Phi) is 4.74. The topological polar surface area (TPSA) is 96.4 Å². The zero-order valence-electron chi connectivity index (χ0n) is 11.8. The molecule has 0 spiro atoms. The molecule has 116 valence electrons. The molecule has 2 heterocycles. The molecule has 1 aliphatic heterocycles. The maximum Gasteiger partial charge on any atom is 0.229 e. The first-order valence-corrected chi connectivity index (χ1v) is 9.22. The van der Waals surface area contributed by atoms with Gasteiger partial charge < -0.3 is 5.32 Å². The van der Waals surface area contributed by atoms with Crippen molar-refractivity contribution in [2.75, 3.05) is 24.7 Å². The molecule has 1 saturated heterocycles. The lowest BCUT2D eigenvalue weighted by Gasteiger charge is -2.29. The molecule has 1 fully saturated rings. The summed E-state index contributed by atoms with van der Waals surface area (Å²) in [6.45, 7) is 2.13. The van der Waals surface area contributed by atoms with Crippen LogP contribution in [0.5, 0.6) is 0 Å². The monoisotopic (exact) mass is 331 g/mol. The SMILES string of the molecule is CC(=O)c1csc(NC(=O)C2CCN(S(C)(=O)=O)CC2)n1. The van der Waals surface area contributed by atoms with E-state index in [9.17, 15) is 18.0 Å². The van der Waals surface area contributed by atoms with Crippen LogP contribution in [0.2, 0.25) is 0 Å². The Morgan fingerprint density at radius 3 is 2.48 bits per heavy atom. The molecule has 9 heteroatoms. The zero-order chi connectivity index (χ0) is 15.6. The minimum Gasteiger partial charge on any atom is -0.302 e. The van der Waals surface area contributed by atoms with Crippen molar-refractivity contribution < 1.29 is 18.0 Å². The first-order chi connectivity index (χ1) is 9.77. The van der Waals surface area contributed by atoms with Crippen molar-refractivity contribution >= 4 is 38.2 Å². The maximum atomic E-state index is 12.1. The highest BCUT2D eigenvalue weighted by atomic mass is 32.2. The summed E-state index contributed by atoms with van der Waals surface area (Å²) in [6.07, 6.45) is 2.15. The number of hydrogen-bond acceptors (Lipinski definition) is 6. The van der Waals surface area contributed by atoms with Gasteiger partial charge in [0.1, 0.15) is 5.69 Å². The van der Waals surface area contributed by atoms with Gasteiger partial charge in [0.2, 0.25) is 15.9 Å². The smallest absolute Gasteiger partial charge is 0.229 e. The van der Waals surface area contributed by atoms with Crippen molar-refractivity contribution in [2.24, 2.45) is 5.92 Å². The van der Waals surface area contributed by atoms with Crippen molar-refractivity contribution in [1.82, 2.24) is 9.29 Å². The quantitative estimate of drug-likeness (QED) is 0.829. The average Bonchev–Trinajstić information content (AvgIpc) is 2.86. The molecular formula is C12H17N3O4S2. The van der Waals surface area contributed by atoms with Crippen molar-refractivity contribution in [1.29, 1.82) is 0 Å². The molecule has 0 aromatic carbocycles. The van der Waals surface area contributed by atoms with E-state index >= 15 is 0 Å². The number of amides is 1. The van der Waals surface area contributed by atoms with Gasteiger partial charge >= 0.3 is 0 Å². The Hall–Kier alpha value is -1.32. The number of Topliss-reactive ketones (excluding diaryl/α,β-unsaturated/α-hetero) is 1. The number of rotatable bonds is 4. The number of aromatic nitrogens is 1. The number of piperidine rings is 1. The fourth-order valence-electron chi connectivity index (χ4n) is 2.15. The van der Waals surface area contributed by atoms with Crippen molar-refractivity contribution in [2.45, 2.75) is 19.8 Å². The van der Waals surface area contributed by atoms with E-state index in [0.717, 1.165) is 0 Å². The van der Waals surface area contributed by atoms with E-state index in [4.69, 9.17) is 0 Å². The summed E-state index contributed by atoms with van der Waals surface area (Å²) in [5.41, 5.74) is 0.335. The predicted molar refractivity (Wildman–Crippen MR) is 79.9 cm³/mol. The molecule has 1 aromatic rings. The van der Waals surface area contributed by atoms with Crippen LogP contribution in [-0.2, 0) is 14.8 Å². The number of thiazole rings is 1. The van der Waals surface area contributed by atoms with Gasteiger partial charge in [-0.1, -0.05) is 0 Å². The second kappa shape index (κ2) is 6.20. The van der Waals surface area contributed by atoms with Crippen LogP contribution in [0.3, 0.4) is 0 Å². The Labute approximate surface area is 127 Å². The van der Waals surface area contributed by atoms with Crippen LogP contribution in [0.25, 0.3) is 0 Å². The molecule has 0 unspecified atom stereocenters. The molecular weight excluding hydrogens is 314 g/mol. The Bertz CT molecular complexity index is 645. The number of nitrogens with zero attached hydrogens (tertiary/aromatic N) is 2. The Balaban J connectivity index is 1.91. The van der Waals surface area contributed by atoms with E-state index in [-0.39, 0.29) is 17.6 Å².